The van der Waals surface area contributed by atoms with Crippen LogP contribution in [0.4, 0.5) is 0 Å². The summed E-state index contributed by atoms with van der Waals surface area (Å²) in [5, 5.41) is 27.0. The molecular weight excluding hydrogens is 1080 g/mol. The molecule has 6 atom stereocenters. The predicted molar refractivity (Wildman–Crippen MR) is 306 cm³/mol. The Bertz CT molecular complexity index is 2160. The molecule has 2 aromatic heterocycles. The molecule has 0 aliphatic rings. The lowest BCUT2D eigenvalue weighted by Crippen LogP contribution is -2.58. The topological polar surface area (TPSA) is 403 Å². The number of nitrogens with one attached hydrogen (secondary N) is 7. The van der Waals surface area contributed by atoms with E-state index in [9.17, 15) is 33.6 Å². The Morgan fingerprint density at radius 2 is 1.18 bits per heavy atom. The summed E-state index contributed by atoms with van der Waals surface area (Å²) in [6.07, 6.45) is 4.98. The molecule has 7 amide bonds. The molecule has 472 valence electrons. The average Bonchev–Trinajstić information content (AvgIpc) is 4.19. The zero-order valence-corrected chi connectivity index (χ0v) is 49.8. The van der Waals surface area contributed by atoms with Crippen molar-refractivity contribution in [2.24, 2.45) is 39.9 Å². The Hall–Kier alpha value is -6.34. The van der Waals surface area contributed by atoms with Crippen molar-refractivity contribution >= 4 is 47.3 Å². The van der Waals surface area contributed by atoms with Gasteiger partial charge in [0.2, 0.25) is 35.4 Å². The van der Waals surface area contributed by atoms with Gasteiger partial charge in [-0.3, -0.25) is 38.6 Å². The molecule has 0 aliphatic carbocycles. The van der Waals surface area contributed by atoms with Crippen LogP contribution >= 0.6 is 0 Å². The summed E-state index contributed by atoms with van der Waals surface area (Å²) in [7, 11) is 1.61. The number of rotatable bonds is 49. The monoisotopic (exact) mass is 1180 g/mol. The molecule has 29 nitrogen and oxygen atoms in total. The highest BCUT2D eigenvalue weighted by molar-refractivity contribution is 5.98. The second-order valence-corrected chi connectivity index (χ2v) is 20.3. The number of guanidine groups is 1. The van der Waals surface area contributed by atoms with Crippen LogP contribution in [0.25, 0.3) is 0 Å². The molecule has 2 rings (SSSR count). The second-order valence-electron chi connectivity index (χ2n) is 20.3. The van der Waals surface area contributed by atoms with Crippen LogP contribution in [-0.2, 0) is 75.1 Å². The minimum absolute atomic E-state index is 0.00449. The van der Waals surface area contributed by atoms with Gasteiger partial charge in [-0.05, 0) is 75.0 Å². The third kappa shape index (κ3) is 33.5. The standard InChI is InChI=1S/C54H96N14O15/c1-8-39(6)47(65-51(73)44(33-38(4)5)64-52(74)45-14-11-19-83-45)53(75)60-34-46(69)61-42(13-10-16-59-54(56)57)49(71)63-43(32-37(2)3)50(72)62-41(12-9-15-55)48(70)58-17-20-77-22-24-79-26-28-81-30-31-82-29-27-80-25-23-78-21-18-68-35-40(36-76-7)66-67-68/h11,14,19,35,37-39,41-44,47H,8-10,12-13,15-18,20-34,36,55H2,1-7H3,(H,58,70)(H,60,75)(H,61,69)(H,62,72)(H,63,71)(H,64,74)(H,65,73)(H4,56,57,59)/t39-,41-,42-,43-,44-,47-/m0/s1. The van der Waals surface area contributed by atoms with Gasteiger partial charge < -0.3 is 92.0 Å². The van der Waals surface area contributed by atoms with Crippen molar-refractivity contribution in [3.8, 4) is 0 Å². The Balaban J connectivity index is 1.83. The van der Waals surface area contributed by atoms with Gasteiger partial charge in [-0.2, -0.15) is 0 Å². The summed E-state index contributed by atoms with van der Waals surface area (Å²) >= 11 is 0. The number of ether oxygens (including phenoxy) is 7. The fourth-order valence-corrected chi connectivity index (χ4v) is 7.82. The molecule has 0 spiro atoms. The van der Waals surface area contributed by atoms with Crippen LogP contribution in [0, 0.1) is 17.8 Å². The van der Waals surface area contributed by atoms with E-state index in [1.165, 1.54) is 12.3 Å². The molecule has 0 saturated carbocycles. The Labute approximate surface area is 487 Å². The van der Waals surface area contributed by atoms with Gasteiger partial charge in [0, 0.05) is 20.2 Å². The average molecular weight is 1180 g/mol. The number of hydrogen-bond donors (Lipinski definition) is 10. The molecule has 0 radical (unpaired) electrons. The zero-order chi connectivity index (χ0) is 61.2. The van der Waals surface area contributed by atoms with Gasteiger partial charge in [-0.25, -0.2) is 4.68 Å². The van der Waals surface area contributed by atoms with Crippen molar-refractivity contribution in [3.63, 3.8) is 0 Å². The first-order chi connectivity index (χ1) is 39.9. The van der Waals surface area contributed by atoms with Crippen molar-refractivity contribution in [3.05, 3.63) is 36.0 Å². The summed E-state index contributed by atoms with van der Waals surface area (Å²) in [6, 6.07) is -2.42. The largest absolute Gasteiger partial charge is 0.459 e. The van der Waals surface area contributed by atoms with E-state index in [-0.39, 0.29) is 94.4 Å². The highest BCUT2D eigenvalue weighted by atomic mass is 16.6. The number of amides is 7. The molecule has 0 bridgehead atoms. The van der Waals surface area contributed by atoms with Crippen molar-refractivity contribution in [2.75, 3.05) is 113 Å². The van der Waals surface area contributed by atoms with Crippen molar-refractivity contribution in [2.45, 2.75) is 130 Å². The molecule has 13 N–H and O–H groups in total. The maximum atomic E-state index is 14.0. The Morgan fingerprint density at radius 3 is 1.72 bits per heavy atom. The third-order valence-electron chi connectivity index (χ3n) is 12.3. The van der Waals surface area contributed by atoms with E-state index >= 15 is 0 Å². The number of hydrogen-bond acceptors (Lipinski definition) is 19. The maximum absolute atomic E-state index is 14.0. The van der Waals surface area contributed by atoms with Gasteiger partial charge in [-0.15, -0.1) is 5.10 Å². The number of nitrogens with zero attached hydrogens (tertiary/aromatic N) is 4. The fraction of sp³-hybridized carbons (Fsp3) is 0.741. The van der Waals surface area contributed by atoms with Crippen molar-refractivity contribution in [1.82, 2.24) is 52.2 Å². The molecule has 0 aromatic carbocycles. The first kappa shape index (κ1) is 72.8. The number of furan rings is 1. The van der Waals surface area contributed by atoms with Crippen LogP contribution in [0.2, 0.25) is 0 Å². The van der Waals surface area contributed by atoms with Crippen LogP contribution in [0.5, 0.6) is 0 Å². The molecule has 0 aliphatic heterocycles. The minimum Gasteiger partial charge on any atom is -0.459 e. The SMILES string of the molecule is CC[C@H](C)[C@H](NC(=O)[C@H](CC(C)C)NC(=O)c1ccco1)C(=O)NCC(=O)N[C@@H](CCCN=C(N)N)C(=O)N[C@@H](CC(C)C)C(=O)N[C@@H](CCCN)C(=O)NCCOCCOCCOCCOCCOCCOCCn1cc(COC)nn1. The minimum atomic E-state index is -1.22. The lowest BCUT2D eigenvalue weighted by atomic mass is 9.96. The lowest BCUT2D eigenvalue weighted by molar-refractivity contribution is -0.134. The van der Waals surface area contributed by atoms with Crippen LogP contribution in [0.15, 0.2) is 34.0 Å². The van der Waals surface area contributed by atoms with Crippen LogP contribution in [-0.4, -0.2) is 205 Å². The number of aliphatic imine (C=N–C) groups is 1. The van der Waals surface area contributed by atoms with E-state index in [1.54, 1.807) is 24.8 Å². The Morgan fingerprint density at radius 1 is 0.651 bits per heavy atom. The number of carbonyl (C=O) groups excluding carboxylic acids is 7. The molecular formula is C54H96N14O15. The predicted octanol–water partition coefficient (Wildman–Crippen LogP) is -0.982. The van der Waals surface area contributed by atoms with E-state index in [4.69, 9.17) is 54.8 Å². The third-order valence-corrected chi connectivity index (χ3v) is 12.3. The second kappa shape index (κ2) is 44.2. The summed E-state index contributed by atoms with van der Waals surface area (Å²) in [5.74, 6) is -5.04. The van der Waals surface area contributed by atoms with Gasteiger partial charge in [0.25, 0.3) is 5.91 Å². The molecule has 0 unspecified atom stereocenters. The summed E-state index contributed by atoms with van der Waals surface area (Å²) in [6.45, 7) is 16.6. The van der Waals surface area contributed by atoms with E-state index in [0.29, 0.717) is 92.1 Å². The van der Waals surface area contributed by atoms with Gasteiger partial charge in [-0.1, -0.05) is 53.2 Å². The fourth-order valence-electron chi connectivity index (χ4n) is 7.82. The van der Waals surface area contributed by atoms with Gasteiger partial charge in [0.15, 0.2) is 11.7 Å². The highest BCUT2D eigenvalue weighted by Crippen LogP contribution is 2.13. The van der Waals surface area contributed by atoms with Crippen molar-refractivity contribution in [1.29, 1.82) is 0 Å². The number of nitrogens with two attached hydrogens (primary N) is 3. The van der Waals surface area contributed by atoms with E-state index in [2.05, 4.69) is 52.5 Å². The number of aromatic nitrogens is 3. The van der Waals surface area contributed by atoms with Crippen LogP contribution < -0.4 is 54.4 Å². The summed E-state index contributed by atoms with van der Waals surface area (Å²) in [5.41, 5.74) is 17.6. The van der Waals surface area contributed by atoms with Gasteiger partial charge in [0.05, 0.1) is 111 Å². The normalized spacial score (nSPS) is 13.5. The molecule has 0 fully saturated rings. The maximum Gasteiger partial charge on any atom is 0.287 e. The van der Waals surface area contributed by atoms with E-state index < -0.39 is 78.1 Å². The van der Waals surface area contributed by atoms with Gasteiger partial charge in [0.1, 0.15) is 35.9 Å². The van der Waals surface area contributed by atoms with Gasteiger partial charge >= 0.3 is 0 Å². The first-order valence-electron chi connectivity index (χ1n) is 28.6. The van der Waals surface area contributed by atoms with Crippen molar-refractivity contribution < 1.29 is 71.1 Å². The van der Waals surface area contributed by atoms with Crippen LogP contribution in [0.1, 0.15) is 103 Å². The van der Waals surface area contributed by atoms with E-state index in [1.807, 2.05) is 40.8 Å². The molecule has 2 heterocycles. The van der Waals surface area contributed by atoms with Crippen LogP contribution in [0.3, 0.4) is 0 Å². The Kier molecular flexibility index (Phi) is 38.8. The smallest absolute Gasteiger partial charge is 0.287 e. The molecule has 2 aromatic rings. The number of methoxy groups -OCH3 is 1. The van der Waals surface area contributed by atoms with E-state index in [0.717, 1.165) is 5.69 Å². The highest BCUT2D eigenvalue weighted by Gasteiger charge is 2.33. The lowest BCUT2D eigenvalue weighted by Gasteiger charge is -2.27. The quantitative estimate of drug-likeness (QED) is 0.0216. The molecule has 0 saturated heterocycles. The molecule has 83 heavy (non-hydrogen) atoms. The number of carbonyl (C=O) groups is 7. The summed E-state index contributed by atoms with van der Waals surface area (Å²) < 4.78 is 45.2. The first-order valence-corrected chi connectivity index (χ1v) is 28.6. The zero-order valence-electron chi connectivity index (χ0n) is 49.8. The summed E-state index contributed by atoms with van der Waals surface area (Å²) in [4.78, 5) is 98.9. The molecule has 29 heteroatoms.